The summed E-state index contributed by atoms with van der Waals surface area (Å²) in [7, 11) is 1.65. The molecule has 6 rings (SSSR count). The molecule has 0 amide bonds. The van der Waals surface area contributed by atoms with E-state index in [1.165, 1.54) is 0 Å². The van der Waals surface area contributed by atoms with Crippen LogP contribution in [0.5, 0.6) is 17.2 Å². The minimum absolute atomic E-state index is 0.0560. The van der Waals surface area contributed by atoms with Crippen molar-refractivity contribution >= 4 is 28.8 Å². The van der Waals surface area contributed by atoms with Gasteiger partial charge < -0.3 is 24.8 Å². The molecule has 3 aromatic carbocycles. The van der Waals surface area contributed by atoms with Crippen molar-refractivity contribution in [1.82, 2.24) is 0 Å². The summed E-state index contributed by atoms with van der Waals surface area (Å²) in [5, 5.41) is 7.66. The molecule has 3 unspecified atom stereocenters. The smallest absolute Gasteiger partial charge is 0.231 e. The number of Topliss-reactive ketones (excluding diaryl/α,β-unsaturated/α-hetero) is 1. The molecule has 3 aromatic rings. The quantitative estimate of drug-likeness (QED) is 0.491. The lowest BCUT2D eigenvalue weighted by atomic mass is 9.76. The van der Waals surface area contributed by atoms with E-state index in [0.717, 1.165) is 33.9 Å². The maximum atomic E-state index is 13.7. The van der Waals surface area contributed by atoms with Gasteiger partial charge in [0.15, 0.2) is 11.5 Å². The van der Waals surface area contributed by atoms with Gasteiger partial charge in [-0.05, 0) is 41.5 Å². The number of nitrogens with one attached hydrogen (secondary N) is 2. The number of ketones is 1. The Balaban J connectivity index is 1.47. The first-order chi connectivity index (χ1) is 16.6. The first-order valence-electron chi connectivity index (χ1n) is 11.2. The largest absolute Gasteiger partial charge is 0.497 e. The van der Waals surface area contributed by atoms with Gasteiger partial charge in [-0.2, -0.15) is 0 Å². The highest BCUT2D eigenvalue weighted by atomic mass is 35.5. The van der Waals surface area contributed by atoms with E-state index in [2.05, 4.69) is 16.7 Å². The van der Waals surface area contributed by atoms with Gasteiger partial charge in [0.2, 0.25) is 6.79 Å². The van der Waals surface area contributed by atoms with E-state index in [9.17, 15) is 4.79 Å². The Morgan fingerprint density at radius 2 is 1.79 bits per heavy atom. The highest BCUT2D eigenvalue weighted by molar-refractivity contribution is 6.31. The standard InChI is InChI=1S/C27H23ClN2O4/c1-32-17-6-4-5-15(9-17)16-10-22-26(23(31)11-16)27(30-21-8-3-2-7-20(21)29-22)18-12-24-25(13-19(18)28)34-14-33-24/h2-10,12-13,16,26-27,29-30H,11,14H2,1H3. The van der Waals surface area contributed by atoms with E-state index in [1.807, 2.05) is 54.6 Å². The molecule has 0 radical (unpaired) electrons. The lowest BCUT2D eigenvalue weighted by Crippen LogP contribution is -2.34. The van der Waals surface area contributed by atoms with Gasteiger partial charge in [0, 0.05) is 29.1 Å². The maximum absolute atomic E-state index is 13.7. The number of anilines is 2. The minimum atomic E-state index is -0.438. The highest BCUT2D eigenvalue weighted by Gasteiger charge is 2.41. The van der Waals surface area contributed by atoms with E-state index in [0.29, 0.717) is 22.9 Å². The molecule has 0 aromatic heterocycles. The van der Waals surface area contributed by atoms with Crippen LogP contribution < -0.4 is 24.8 Å². The second kappa shape index (κ2) is 8.29. The van der Waals surface area contributed by atoms with E-state index < -0.39 is 5.92 Å². The van der Waals surface area contributed by atoms with Crippen LogP contribution in [0.4, 0.5) is 11.4 Å². The third kappa shape index (κ3) is 3.55. The molecule has 0 saturated heterocycles. The van der Waals surface area contributed by atoms with Crippen molar-refractivity contribution in [3.8, 4) is 17.2 Å². The van der Waals surface area contributed by atoms with Crippen molar-refractivity contribution in [3.05, 3.63) is 88.6 Å². The first kappa shape index (κ1) is 20.9. The summed E-state index contributed by atoms with van der Waals surface area (Å²) >= 11 is 6.72. The van der Waals surface area contributed by atoms with Crippen LogP contribution in [-0.2, 0) is 4.79 Å². The number of rotatable bonds is 3. The Hall–Kier alpha value is -3.64. The van der Waals surface area contributed by atoms with Gasteiger partial charge in [-0.3, -0.25) is 4.79 Å². The Morgan fingerprint density at radius 3 is 2.62 bits per heavy atom. The molecule has 0 saturated carbocycles. The fraction of sp³-hybridized carbons (Fsp3) is 0.222. The molecular weight excluding hydrogens is 452 g/mol. The zero-order valence-electron chi connectivity index (χ0n) is 18.5. The van der Waals surface area contributed by atoms with Crippen LogP contribution in [0.1, 0.15) is 29.5 Å². The molecule has 2 heterocycles. The van der Waals surface area contributed by atoms with Crippen LogP contribution in [-0.4, -0.2) is 19.7 Å². The Labute approximate surface area is 202 Å². The third-order valence-electron chi connectivity index (χ3n) is 6.68. The molecule has 172 valence electrons. The normalized spacial score (nSPS) is 22.5. The second-order valence-corrected chi connectivity index (χ2v) is 9.08. The first-order valence-corrected chi connectivity index (χ1v) is 11.6. The number of allylic oxidation sites excluding steroid dienone is 1. The van der Waals surface area contributed by atoms with Gasteiger partial charge in [0.05, 0.1) is 30.4 Å². The average molecular weight is 475 g/mol. The number of para-hydroxylation sites is 2. The Morgan fingerprint density at radius 1 is 1.00 bits per heavy atom. The third-order valence-corrected chi connectivity index (χ3v) is 7.01. The molecule has 2 N–H and O–H groups in total. The minimum Gasteiger partial charge on any atom is -0.497 e. The molecule has 2 aliphatic heterocycles. The van der Waals surface area contributed by atoms with Crippen LogP contribution in [0.25, 0.3) is 0 Å². The number of methoxy groups -OCH3 is 1. The summed E-state index contributed by atoms with van der Waals surface area (Å²) in [6.07, 6.45) is 2.55. The van der Waals surface area contributed by atoms with Gasteiger partial charge in [0.25, 0.3) is 0 Å². The molecule has 1 aliphatic carbocycles. The fourth-order valence-corrected chi connectivity index (χ4v) is 5.29. The van der Waals surface area contributed by atoms with E-state index in [-0.39, 0.29) is 24.5 Å². The van der Waals surface area contributed by atoms with Crippen molar-refractivity contribution in [2.75, 3.05) is 24.5 Å². The van der Waals surface area contributed by atoms with Crippen molar-refractivity contribution in [1.29, 1.82) is 0 Å². The van der Waals surface area contributed by atoms with Crippen LogP contribution >= 0.6 is 11.6 Å². The van der Waals surface area contributed by atoms with Gasteiger partial charge >= 0.3 is 0 Å². The van der Waals surface area contributed by atoms with E-state index in [1.54, 1.807) is 13.2 Å². The molecular formula is C27H23ClN2O4. The lowest BCUT2D eigenvalue weighted by Gasteiger charge is -2.33. The van der Waals surface area contributed by atoms with Gasteiger partial charge in [-0.15, -0.1) is 0 Å². The summed E-state index contributed by atoms with van der Waals surface area (Å²) in [5.41, 5.74) is 4.52. The van der Waals surface area contributed by atoms with Crippen LogP contribution in [0.15, 0.2) is 72.4 Å². The molecule has 0 spiro atoms. The number of carbonyl (C=O) groups excluding carboxylic acids is 1. The molecule has 6 nitrogen and oxygen atoms in total. The number of halogens is 1. The maximum Gasteiger partial charge on any atom is 0.231 e. The predicted molar refractivity (Wildman–Crippen MR) is 131 cm³/mol. The number of carbonyl (C=O) groups is 1. The van der Waals surface area contributed by atoms with Gasteiger partial charge in [-0.25, -0.2) is 0 Å². The zero-order valence-corrected chi connectivity index (χ0v) is 19.3. The van der Waals surface area contributed by atoms with Crippen molar-refractivity contribution in [3.63, 3.8) is 0 Å². The van der Waals surface area contributed by atoms with Crippen molar-refractivity contribution in [2.24, 2.45) is 5.92 Å². The number of ether oxygens (including phenoxy) is 3. The highest BCUT2D eigenvalue weighted by Crippen LogP contribution is 2.48. The Kier molecular flexibility index (Phi) is 5.11. The van der Waals surface area contributed by atoms with Crippen LogP contribution in [0.2, 0.25) is 5.02 Å². The number of hydrogen-bond donors (Lipinski definition) is 2. The van der Waals surface area contributed by atoms with Gasteiger partial charge in [-0.1, -0.05) is 41.9 Å². The topological polar surface area (TPSA) is 68.8 Å². The monoisotopic (exact) mass is 474 g/mol. The fourth-order valence-electron chi connectivity index (χ4n) is 5.02. The molecule has 3 atom stereocenters. The second-order valence-electron chi connectivity index (χ2n) is 8.67. The van der Waals surface area contributed by atoms with Gasteiger partial charge in [0.1, 0.15) is 11.5 Å². The molecule has 7 heteroatoms. The SMILES string of the molecule is COc1cccc(C2C=C3Nc4ccccc4NC(c4cc5c(cc4Cl)OCO5)C3C(=O)C2)c1. The number of benzene rings is 3. The van der Waals surface area contributed by atoms with E-state index in [4.69, 9.17) is 25.8 Å². The molecule has 0 fully saturated rings. The van der Waals surface area contributed by atoms with E-state index >= 15 is 0 Å². The predicted octanol–water partition coefficient (Wildman–Crippen LogP) is 5.91. The van der Waals surface area contributed by atoms with Crippen molar-refractivity contribution in [2.45, 2.75) is 18.4 Å². The van der Waals surface area contributed by atoms with Crippen molar-refractivity contribution < 1.29 is 19.0 Å². The average Bonchev–Trinajstić information content (AvgIpc) is 3.23. The zero-order chi connectivity index (χ0) is 23.2. The van der Waals surface area contributed by atoms with Crippen LogP contribution in [0.3, 0.4) is 0 Å². The molecule has 3 aliphatic rings. The summed E-state index contributed by atoms with van der Waals surface area (Å²) in [4.78, 5) is 13.7. The summed E-state index contributed by atoms with van der Waals surface area (Å²) in [6.45, 7) is 0.160. The Bertz CT molecular complexity index is 1320. The summed E-state index contributed by atoms with van der Waals surface area (Å²) < 4.78 is 16.5. The summed E-state index contributed by atoms with van der Waals surface area (Å²) in [6, 6.07) is 19.1. The molecule has 0 bridgehead atoms. The van der Waals surface area contributed by atoms with Crippen LogP contribution in [0, 0.1) is 5.92 Å². The number of hydrogen-bond acceptors (Lipinski definition) is 6. The summed E-state index contributed by atoms with van der Waals surface area (Å²) in [5.74, 6) is 1.67. The lowest BCUT2D eigenvalue weighted by molar-refractivity contribution is -0.122. The number of fused-ring (bicyclic) bond motifs is 3. The molecule has 34 heavy (non-hydrogen) atoms.